The van der Waals surface area contributed by atoms with Crippen LogP contribution in [0.1, 0.15) is 17.2 Å². The first-order valence-electron chi connectivity index (χ1n) is 5.68. The zero-order valence-electron chi connectivity index (χ0n) is 10.1. The molecule has 1 heterocycles. The van der Waals surface area contributed by atoms with Gasteiger partial charge < -0.3 is 10.5 Å². The number of hydrogen-bond acceptors (Lipinski definition) is 3. The summed E-state index contributed by atoms with van der Waals surface area (Å²) in [5, 5.41) is 0. The molecule has 0 aliphatic rings. The second-order valence-corrected chi connectivity index (χ2v) is 4.07. The summed E-state index contributed by atoms with van der Waals surface area (Å²) in [7, 11) is 1.44. The Bertz CT molecular complexity index is 516. The van der Waals surface area contributed by atoms with E-state index >= 15 is 0 Å². The molecule has 1 aromatic carbocycles. The highest BCUT2D eigenvalue weighted by atomic mass is 19.1. The van der Waals surface area contributed by atoms with Crippen LogP contribution in [0.15, 0.2) is 42.7 Å². The number of benzene rings is 1. The molecule has 0 aliphatic carbocycles. The van der Waals surface area contributed by atoms with Gasteiger partial charge in [-0.25, -0.2) is 4.39 Å². The summed E-state index contributed by atoms with van der Waals surface area (Å²) in [6.07, 6.45) is 4.15. The second-order valence-electron chi connectivity index (χ2n) is 4.07. The molecule has 1 unspecified atom stereocenters. The van der Waals surface area contributed by atoms with E-state index in [0.717, 1.165) is 11.1 Å². The summed E-state index contributed by atoms with van der Waals surface area (Å²) >= 11 is 0. The lowest BCUT2D eigenvalue weighted by atomic mass is 10.0. The lowest BCUT2D eigenvalue weighted by Crippen LogP contribution is -2.13. The predicted molar refractivity (Wildman–Crippen MR) is 67.8 cm³/mol. The molecule has 94 valence electrons. The Morgan fingerprint density at radius 3 is 2.89 bits per heavy atom. The smallest absolute Gasteiger partial charge is 0.165 e. The fourth-order valence-corrected chi connectivity index (χ4v) is 1.80. The molecule has 0 amide bonds. The van der Waals surface area contributed by atoms with Crippen LogP contribution in [0.25, 0.3) is 0 Å². The minimum Gasteiger partial charge on any atom is -0.494 e. The van der Waals surface area contributed by atoms with Crippen LogP contribution in [0.4, 0.5) is 4.39 Å². The van der Waals surface area contributed by atoms with Gasteiger partial charge >= 0.3 is 0 Å². The highest BCUT2D eigenvalue weighted by molar-refractivity contribution is 5.32. The molecule has 0 radical (unpaired) electrons. The third-order valence-electron chi connectivity index (χ3n) is 2.78. The average molecular weight is 246 g/mol. The predicted octanol–water partition coefficient (Wildman–Crippen LogP) is 2.47. The van der Waals surface area contributed by atoms with Gasteiger partial charge in [0, 0.05) is 18.4 Å². The quantitative estimate of drug-likeness (QED) is 0.901. The van der Waals surface area contributed by atoms with E-state index in [1.807, 2.05) is 12.1 Å². The number of nitrogens with two attached hydrogens (primary N) is 1. The Balaban J connectivity index is 2.16. The molecule has 3 nitrogen and oxygen atoms in total. The Kier molecular flexibility index (Phi) is 3.89. The molecule has 4 heteroatoms. The van der Waals surface area contributed by atoms with Crippen LogP contribution in [-0.2, 0) is 6.42 Å². The van der Waals surface area contributed by atoms with E-state index in [1.54, 1.807) is 24.5 Å². The van der Waals surface area contributed by atoms with Crippen molar-refractivity contribution in [3.8, 4) is 5.75 Å². The fraction of sp³-hybridized carbons (Fsp3) is 0.214. The fourth-order valence-electron chi connectivity index (χ4n) is 1.80. The molecule has 0 saturated carbocycles. The first-order chi connectivity index (χ1) is 8.70. The van der Waals surface area contributed by atoms with Crippen LogP contribution in [-0.4, -0.2) is 12.1 Å². The van der Waals surface area contributed by atoms with Crippen molar-refractivity contribution in [1.29, 1.82) is 0 Å². The van der Waals surface area contributed by atoms with Crippen LogP contribution < -0.4 is 10.5 Å². The maximum absolute atomic E-state index is 13.3. The zero-order valence-corrected chi connectivity index (χ0v) is 10.1. The zero-order chi connectivity index (χ0) is 13.0. The van der Waals surface area contributed by atoms with Crippen molar-refractivity contribution in [2.24, 2.45) is 5.73 Å². The van der Waals surface area contributed by atoms with Crippen molar-refractivity contribution in [3.63, 3.8) is 0 Å². The van der Waals surface area contributed by atoms with Crippen LogP contribution >= 0.6 is 0 Å². The molecule has 0 saturated heterocycles. The summed E-state index contributed by atoms with van der Waals surface area (Å²) < 4.78 is 18.2. The van der Waals surface area contributed by atoms with Crippen molar-refractivity contribution >= 4 is 0 Å². The van der Waals surface area contributed by atoms with Gasteiger partial charge in [0.2, 0.25) is 0 Å². The van der Waals surface area contributed by atoms with Crippen molar-refractivity contribution in [1.82, 2.24) is 4.98 Å². The first-order valence-corrected chi connectivity index (χ1v) is 5.68. The summed E-state index contributed by atoms with van der Waals surface area (Å²) in [6.45, 7) is 0. The molecular formula is C14H15FN2O. The Morgan fingerprint density at radius 2 is 2.22 bits per heavy atom. The van der Waals surface area contributed by atoms with Gasteiger partial charge in [0.05, 0.1) is 7.11 Å². The topological polar surface area (TPSA) is 48.1 Å². The summed E-state index contributed by atoms with van der Waals surface area (Å²) in [6, 6.07) is 8.32. The van der Waals surface area contributed by atoms with E-state index in [2.05, 4.69) is 4.98 Å². The number of aromatic nitrogens is 1. The van der Waals surface area contributed by atoms with Crippen LogP contribution in [0.5, 0.6) is 5.75 Å². The molecule has 18 heavy (non-hydrogen) atoms. The average Bonchev–Trinajstić information content (AvgIpc) is 2.40. The molecule has 2 N–H and O–H groups in total. The molecule has 0 spiro atoms. The number of rotatable bonds is 4. The largest absolute Gasteiger partial charge is 0.494 e. The van der Waals surface area contributed by atoms with Crippen LogP contribution in [0, 0.1) is 5.82 Å². The minimum absolute atomic E-state index is 0.205. The van der Waals surface area contributed by atoms with Crippen molar-refractivity contribution in [2.45, 2.75) is 12.5 Å². The first kappa shape index (κ1) is 12.5. The van der Waals surface area contributed by atoms with Crippen molar-refractivity contribution in [2.75, 3.05) is 7.11 Å². The minimum atomic E-state index is -0.380. The molecule has 1 aromatic heterocycles. The number of methoxy groups -OCH3 is 1. The van der Waals surface area contributed by atoms with E-state index in [9.17, 15) is 4.39 Å². The number of hydrogen-bond donors (Lipinski definition) is 1. The van der Waals surface area contributed by atoms with Gasteiger partial charge in [-0.3, -0.25) is 4.98 Å². The van der Waals surface area contributed by atoms with E-state index in [1.165, 1.54) is 13.2 Å². The Morgan fingerprint density at radius 1 is 1.39 bits per heavy atom. The number of nitrogens with zero attached hydrogens (tertiary/aromatic N) is 1. The third kappa shape index (κ3) is 2.84. The molecule has 0 aliphatic heterocycles. The molecule has 1 atom stereocenters. The van der Waals surface area contributed by atoms with Gasteiger partial charge in [0.15, 0.2) is 11.6 Å². The highest BCUT2D eigenvalue weighted by Crippen LogP contribution is 2.23. The van der Waals surface area contributed by atoms with Crippen LogP contribution in [0.3, 0.4) is 0 Å². The van der Waals surface area contributed by atoms with E-state index in [4.69, 9.17) is 10.5 Å². The standard InChI is InChI=1S/C14H15FN2O/c1-18-14-8-11(4-5-12(14)15)13(16)7-10-3-2-6-17-9-10/h2-6,8-9,13H,7,16H2,1H3. The third-order valence-corrected chi connectivity index (χ3v) is 2.78. The maximum atomic E-state index is 13.3. The van der Waals surface area contributed by atoms with Gasteiger partial charge in [-0.1, -0.05) is 12.1 Å². The lowest BCUT2D eigenvalue weighted by molar-refractivity contribution is 0.385. The highest BCUT2D eigenvalue weighted by Gasteiger charge is 2.10. The van der Waals surface area contributed by atoms with Crippen molar-refractivity contribution in [3.05, 3.63) is 59.7 Å². The second kappa shape index (κ2) is 5.60. The lowest BCUT2D eigenvalue weighted by Gasteiger charge is -2.13. The van der Waals surface area contributed by atoms with E-state index < -0.39 is 0 Å². The molecule has 2 rings (SSSR count). The monoisotopic (exact) mass is 246 g/mol. The Hall–Kier alpha value is -1.94. The normalized spacial score (nSPS) is 12.2. The Labute approximate surface area is 105 Å². The summed E-state index contributed by atoms with van der Waals surface area (Å²) in [5.74, 6) is -0.163. The summed E-state index contributed by atoms with van der Waals surface area (Å²) in [4.78, 5) is 4.04. The molecule has 2 aromatic rings. The van der Waals surface area contributed by atoms with Gasteiger partial charge in [-0.05, 0) is 35.7 Å². The number of halogens is 1. The molecule has 0 fully saturated rings. The number of ether oxygens (including phenoxy) is 1. The summed E-state index contributed by atoms with van der Waals surface area (Å²) in [5.41, 5.74) is 7.99. The van der Waals surface area contributed by atoms with Crippen LogP contribution in [0.2, 0.25) is 0 Å². The van der Waals surface area contributed by atoms with Crippen molar-refractivity contribution < 1.29 is 9.13 Å². The van der Waals surface area contributed by atoms with Gasteiger partial charge in [0.1, 0.15) is 0 Å². The maximum Gasteiger partial charge on any atom is 0.165 e. The van der Waals surface area contributed by atoms with Gasteiger partial charge in [0.25, 0.3) is 0 Å². The number of pyridine rings is 1. The SMILES string of the molecule is COc1cc(C(N)Cc2cccnc2)ccc1F. The van der Waals surface area contributed by atoms with Gasteiger partial charge in [-0.15, -0.1) is 0 Å². The van der Waals surface area contributed by atoms with E-state index in [0.29, 0.717) is 6.42 Å². The molecular weight excluding hydrogens is 231 g/mol. The van der Waals surface area contributed by atoms with Gasteiger partial charge in [-0.2, -0.15) is 0 Å². The van der Waals surface area contributed by atoms with E-state index in [-0.39, 0.29) is 17.6 Å². The molecule has 0 bridgehead atoms.